The summed E-state index contributed by atoms with van der Waals surface area (Å²) in [5.41, 5.74) is 2.26. The van der Waals surface area contributed by atoms with Crippen LogP contribution in [0.2, 0.25) is 5.02 Å². The van der Waals surface area contributed by atoms with Crippen molar-refractivity contribution in [3.8, 4) is 0 Å². The van der Waals surface area contributed by atoms with E-state index < -0.39 is 10.0 Å². The van der Waals surface area contributed by atoms with Gasteiger partial charge in [-0.25, -0.2) is 8.42 Å². The van der Waals surface area contributed by atoms with Crippen LogP contribution in [0.15, 0.2) is 53.4 Å². The monoisotopic (exact) mass is 420 g/mol. The minimum Gasteiger partial charge on any atom is -0.379 e. The molecule has 0 atom stereocenters. The lowest BCUT2D eigenvalue weighted by Crippen LogP contribution is -2.40. The molecular formula is C20H21ClN2O4S. The van der Waals surface area contributed by atoms with Gasteiger partial charge >= 0.3 is 0 Å². The van der Waals surface area contributed by atoms with Gasteiger partial charge in [-0.2, -0.15) is 4.31 Å². The summed E-state index contributed by atoms with van der Waals surface area (Å²) in [7, 11) is -3.52. The highest BCUT2D eigenvalue weighted by Crippen LogP contribution is 2.23. The number of sulfonamides is 1. The molecular weight excluding hydrogens is 400 g/mol. The summed E-state index contributed by atoms with van der Waals surface area (Å²) in [5, 5.41) is 3.19. The van der Waals surface area contributed by atoms with E-state index in [0.717, 1.165) is 5.56 Å². The number of halogens is 1. The standard InChI is InChI=1S/C20H21ClN2O4S/c1-15-2-8-19(18(21)14-15)22-20(24)9-5-16-3-6-17(7-4-16)28(25,26)23-10-12-27-13-11-23/h2-9,14H,10-13H2,1H3,(H,22,24)/b9-5+. The fourth-order valence-corrected chi connectivity index (χ4v) is 4.45. The Kier molecular flexibility index (Phi) is 6.51. The number of ether oxygens (including phenoxy) is 1. The largest absolute Gasteiger partial charge is 0.379 e. The van der Waals surface area contributed by atoms with E-state index in [1.54, 1.807) is 42.5 Å². The fraction of sp³-hybridized carbons (Fsp3) is 0.250. The molecule has 0 saturated carbocycles. The molecule has 2 aromatic rings. The van der Waals surface area contributed by atoms with E-state index in [1.807, 2.05) is 13.0 Å². The zero-order valence-electron chi connectivity index (χ0n) is 15.4. The number of amides is 1. The molecule has 148 valence electrons. The van der Waals surface area contributed by atoms with Crippen LogP contribution in [-0.2, 0) is 19.6 Å². The predicted molar refractivity (Wildman–Crippen MR) is 110 cm³/mol. The van der Waals surface area contributed by atoms with Gasteiger partial charge in [0, 0.05) is 19.2 Å². The van der Waals surface area contributed by atoms with Gasteiger partial charge in [0.1, 0.15) is 0 Å². The van der Waals surface area contributed by atoms with Gasteiger partial charge in [-0.3, -0.25) is 4.79 Å². The summed E-state index contributed by atoms with van der Waals surface area (Å²) in [6.45, 7) is 3.43. The molecule has 0 aliphatic carbocycles. The van der Waals surface area contributed by atoms with Gasteiger partial charge in [-0.05, 0) is 48.4 Å². The molecule has 0 aromatic heterocycles. The van der Waals surface area contributed by atoms with E-state index in [4.69, 9.17) is 16.3 Å². The lowest BCUT2D eigenvalue weighted by molar-refractivity contribution is -0.111. The molecule has 1 N–H and O–H groups in total. The van der Waals surface area contributed by atoms with Crippen LogP contribution in [0, 0.1) is 6.92 Å². The quantitative estimate of drug-likeness (QED) is 0.753. The molecule has 0 radical (unpaired) electrons. The minimum atomic E-state index is -3.52. The second kappa shape index (κ2) is 8.87. The Labute approximate surface area is 169 Å². The number of carbonyl (C=O) groups is 1. The van der Waals surface area contributed by atoms with E-state index in [1.165, 1.54) is 10.4 Å². The number of hydrogen-bond acceptors (Lipinski definition) is 4. The minimum absolute atomic E-state index is 0.224. The van der Waals surface area contributed by atoms with Gasteiger partial charge in [-0.15, -0.1) is 0 Å². The normalized spacial score (nSPS) is 15.6. The average Bonchev–Trinajstić information content (AvgIpc) is 2.69. The van der Waals surface area contributed by atoms with Crippen molar-refractivity contribution in [2.24, 2.45) is 0 Å². The van der Waals surface area contributed by atoms with Crippen LogP contribution in [-0.4, -0.2) is 44.9 Å². The molecule has 28 heavy (non-hydrogen) atoms. The Morgan fingerprint density at radius 2 is 1.82 bits per heavy atom. The first-order valence-corrected chi connectivity index (χ1v) is 10.6. The summed E-state index contributed by atoms with van der Waals surface area (Å²) in [5.74, 6) is -0.323. The van der Waals surface area contributed by atoms with Gasteiger partial charge in [-0.1, -0.05) is 29.8 Å². The number of morpholine rings is 1. The Morgan fingerprint density at radius 1 is 1.14 bits per heavy atom. The van der Waals surface area contributed by atoms with Crippen LogP contribution in [0.4, 0.5) is 5.69 Å². The molecule has 1 aliphatic rings. The molecule has 2 aromatic carbocycles. The van der Waals surface area contributed by atoms with Crippen molar-refractivity contribution in [1.82, 2.24) is 4.31 Å². The number of carbonyl (C=O) groups excluding carboxylic acids is 1. The summed E-state index contributed by atoms with van der Waals surface area (Å²) < 4.78 is 31.8. The van der Waals surface area contributed by atoms with E-state index in [9.17, 15) is 13.2 Å². The topological polar surface area (TPSA) is 75.7 Å². The Bertz CT molecular complexity index is 982. The molecule has 0 bridgehead atoms. The lowest BCUT2D eigenvalue weighted by atomic mass is 10.2. The smallest absolute Gasteiger partial charge is 0.248 e. The van der Waals surface area contributed by atoms with Crippen molar-refractivity contribution in [2.75, 3.05) is 31.6 Å². The van der Waals surface area contributed by atoms with Crippen LogP contribution in [0.25, 0.3) is 6.08 Å². The van der Waals surface area contributed by atoms with Crippen molar-refractivity contribution in [3.05, 3.63) is 64.7 Å². The average molecular weight is 421 g/mol. The molecule has 0 spiro atoms. The van der Waals surface area contributed by atoms with E-state index in [0.29, 0.717) is 42.6 Å². The fourth-order valence-electron chi connectivity index (χ4n) is 2.75. The van der Waals surface area contributed by atoms with Crippen LogP contribution in [0.5, 0.6) is 0 Å². The lowest BCUT2D eigenvalue weighted by Gasteiger charge is -2.26. The number of rotatable bonds is 5. The Balaban J connectivity index is 1.65. The second-order valence-electron chi connectivity index (χ2n) is 6.39. The van der Waals surface area contributed by atoms with Gasteiger partial charge in [0.2, 0.25) is 15.9 Å². The number of nitrogens with zero attached hydrogens (tertiary/aromatic N) is 1. The molecule has 0 unspecified atom stereocenters. The molecule has 1 amide bonds. The maximum atomic E-state index is 12.6. The zero-order valence-corrected chi connectivity index (χ0v) is 17.0. The first kappa shape index (κ1) is 20.5. The summed E-state index contributed by atoms with van der Waals surface area (Å²) in [6.07, 6.45) is 2.99. The number of hydrogen-bond donors (Lipinski definition) is 1. The van der Waals surface area contributed by atoms with Gasteiger partial charge in [0.05, 0.1) is 28.8 Å². The van der Waals surface area contributed by atoms with Crippen LogP contribution in [0.3, 0.4) is 0 Å². The van der Waals surface area contributed by atoms with Crippen molar-refractivity contribution >= 4 is 39.3 Å². The zero-order chi connectivity index (χ0) is 20.1. The van der Waals surface area contributed by atoms with Crippen LogP contribution >= 0.6 is 11.6 Å². The maximum Gasteiger partial charge on any atom is 0.248 e. The first-order valence-electron chi connectivity index (χ1n) is 8.79. The SMILES string of the molecule is Cc1ccc(NC(=O)/C=C/c2ccc(S(=O)(=O)N3CCOCC3)cc2)c(Cl)c1. The first-order chi connectivity index (χ1) is 13.4. The van der Waals surface area contributed by atoms with Gasteiger partial charge < -0.3 is 10.1 Å². The third kappa shape index (κ3) is 4.99. The molecule has 3 rings (SSSR count). The third-order valence-electron chi connectivity index (χ3n) is 4.30. The molecule has 8 heteroatoms. The van der Waals surface area contributed by atoms with Crippen molar-refractivity contribution in [3.63, 3.8) is 0 Å². The summed E-state index contributed by atoms with van der Waals surface area (Å²) in [6, 6.07) is 11.8. The number of nitrogens with one attached hydrogen (secondary N) is 1. The maximum absolute atomic E-state index is 12.6. The van der Waals surface area contributed by atoms with E-state index in [-0.39, 0.29) is 10.8 Å². The molecule has 1 heterocycles. The molecule has 1 aliphatic heterocycles. The van der Waals surface area contributed by atoms with E-state index >= 15 is 0 Å². The van der Waals surface area contributed by atoms with Crippen LogP contribution < -0.4 is 5.32 Å². The highest BCUT2D eigenvalue weighted by atomic mass is 35.5. The number of anilines is 1. The molecule has 1 saturated heterocycles. The summed E-state index contributed by atoms with van der Waals surface area (Å²) >= 11 is 6.11. The molecule has 1 fully saturated rings. The van der Waals surface area contributed by atoms with E-state index in [2.05, 4.69) is 5.32 Å². The number of aryl methyl sites for hydroxylation is 1. The van der Waals surface area contributed by atoms with Gasteiger partial charge in [0.15, 0.2) is 0 Å². The molecule has 6 nitrogen and oxygen atoms in total. The Hall–Kier alpha value is -2.19. The van der Waals surface area contributed by atoms with Gasteiger partial charge in [0.25, 0.3) is 0 Å². The second-order valence-corrected chi connectivity index (χ2v) is 8.74. The predicted octanol–water partition coefficient (Wildman–Crippen LogP) is 3.32. The number of benzene rings is 2. The Morgan fingerprint density at radius 3 is 2.46 bits per heavy atom. The van der Waals surface area contributed by atoms with Crippen molar-refractivity contribution in [1.29, 1.82) is 0 Å². The van der Waals surface area contributed by atoms with Crippen molar-refractivity contribution in [2.45, 2.75) is 11.8 Å². The highest BCUT2D eigenvalue weighted by Gasteiger charge is 2.25. The third-order valence-corrected chi connectivity index (χ3v) is 6.52. The van der Waals surface area contributed by atoms with Crippen LogP contribution in [0.1, 0.15) is 11.1 Å². The van der Waals surface area contributed by atoms with Crippen molar-refractivity contribution < 1.29 is 17.9 Å². The summed E-state index contributed by atoms with van der Waals surface area (Å²) in [4.78, 5) is 12.3. The highest BCUT2D eigenvalue weighted by molar-refractivity contribution is 7.89.